The minimum Gasteiger partial charge on any atom is -0.459 e. The summed E-state index contributed by atoms with van der Waals surface area (Å²) in [6.07, 6.45) is 11.7. The van der Waals surface area contributed by atoms with E-state index in [2.05, 4.69) is 48.5 Å². The first-order valence-electron chi connectivity index (χ1n) is 17.9. The highest BCUT2D eigenvalue weighted by molar-refractivity contribution is 5.87. The summed E-state index contributed by atoms with van der Waals surface area (Å²) in [6.45, 7) is 18.2. The third kappa shape index (κ3) is 6.02. The van der Waals surface area contributed by atoms with Gasteiger partial charge in [0, 0.05) is 18.6 Å². The third-order valence-electron chi connectivity index (χ3n) is 14.7. The minimum absolute atomic E-state index is 0.0185. The maximum atomic E-state index is 13.3. The Morgan fingerprint density at radius 1 is 0.957 bits per heavy atom. The van der Waals surface area contributed by atoms with Crippen LogP contribution in [-0.4, -0.2) is 46.7 Å². The fraction of sp³-hybridized carbons (Fsp3) is 0.775. The second-order valence-electron chi connectivity index (χ2n) is 17.8. The number of carbonyl (C=O) groups excluding carboxylic acids is 1. The number of ether oxygens (including phenoxy) is 2. The number of aliphatic hydroxyl groups excluding tert-OH is 1. The summed E-state index contributed by atoms with van der Waals surface area (Å²) in [7, 11) is 1.75. The number of hydrogen-bond donors (Lipinski definition) is 2. The van der Waals surface area contributed by atoms with E-state index in [-0.39, 0.29) is 57.0 Å². The van der Waals surface area contributed by atoms with Crippen LogP contribution in [0.2, 0.25) is 0 Å². The summed E-state index contributed by atoms with van der Waals surface area (Å²) in [5.41, 5.74) is -0.463. The second-order valence-corrected chi connectivity index (χ2v) is 17.8. The van der Waals surface area contributed by atoms with Gasteiger partial charge in [0.1, 0.15) is 11.9 Å². The average molecular weight is 641 g/mol. The fourth-order valence-corrected chi connectivity index (χ4v) is 11.7. The summed E-state index contributed by atoms with van der Waals surface area (Å²) in [5.74, 6) is 0.222. The number of carbonyl (C=O) groups is 1. The first kappa shape index (κ1) is 35.5. The molecule has 1 aromatic carbocycles. The maximum absolute atomic E-state index is 13.3. The first-order chi connectivity index (χ1) is 21.3. The van der Waals surface area contributed by atoms with Crippen molar-refractivity contribution in [2.24, 2.45) is 45.3 Å². The Morgan fingerprint density at radius 3 is 2.26 bits per heavy atom. The van der Waals surface area contributed by atoms with Gasteiger partial charge in [-0.1, -0.05) is 46.8 Å². The molecule has 6 heteroatoms. The first-order valence-corrected chi connectivity index (χ1v) is 17.9. The monoisotopic (exact) mass is 640 g/mol. The van der Waals surface area contributed by atoms with E-state index < -0.39 is 11.7 Å². The van der Waals surface area contributed by atoms with Crippen molar-refractivity contribution < 1.29 is 28.9 Å². The standard InChI is InChI=1S/C40H61FO5/c1-35(2,45-9)20-10-21-40(8,44)28-17-23-39(7)34(28)29(42)25-31-37(5)22-19-32(36(3,4)30(37)18-24-38(31,39)6)46-33(43)16-13-26-11-14-27(41)15-12-26/h11-16,28-32,34,42,44H,10,17-25H2,1-9H3/b16-13+/t28-,29+,30-,31+,32-,34-,37-,38+,39+,40+/m0/s1. The Balaban J connectivity index is 1.32. The van der Waals surface area contributed by atoms with Gasteiger partial charge < -0.3 is 19.7 Å². The van der Waals surface area contributed by atoms with Crippen molar-refractivity contribution in [3.05, 3.63) is 41.7 Å². The SMILES string of the molecule is COC(C)(C)CCC[C@@](C)(O)[C@H]1CC[C@]2(C)[C@@H]1[C@H](O)C[C@@H]1[C@@]3(C)CC[C@H](OC(=O)/C=C/c4ccc(F)cc4)C(C)(C)[C@@H]3CC[C@]12C. The topological polar surface area (TPSA) is 76.0 Å². The lowest BCUT2D eigenvalue weighted by atomic mass is 9.35. The molecule has 2 N–H and O–H groups in total. The van der Waals surface area contributed by atoms with Crippen molar-refractivity contribution in [2.75, 3.05) is 7.11 Å². The van der Waals surface area contributed by atoms with Gasteiger partial charge in [0.25, 0.3) is 0 Å². The normalized spacial score (nSPS) is 40.1. The van der Waals surface area contributed by atoms with Gasteiger partial charge in [-0.15, -0.1) is 0 Å². The quantitative estimate of drug-likeness (QED) is 0.209. The Labute approximate surface area is 277 Å². The predicted octanol–water partition coefficient (Wildman–Crippen LogP) is 8.75. The molecule has 4 aliphatic rings. The van der Waals surface area contributed by atoms with Crippen molar-refractivity contribution in [3.8, 4) is 0 Å². The van der Waals surface area contributed by atoms with E-state index in [0.29, 0.717) is 11.8 Å². The molecule has 0 radical (unpaired) electrons. The van der Waals surface area contributed by atoms with E-state index in [1.165, 1.54) is 18.2 Å². The summed E-state index contributed by atoms with van der Waals surface area (Å²) in [4.78, 5) is 13.0. The third-order valence-corrected chi connectivity index (χ3v) is 14.7. The van der Waals surface area contributed by atoms with Crippen LogP contribution in [-0.2, 0) is 14.3 Å². The lowest BCUT2D eigenvalue weighted by molar-refractivity contribution is -0.248. The van der Waals surface area contributed by atoms with Crippen molar-refractivity contribution in [1.82, 2.24) is 0 Å². The Kier molecular flexibility index (Phi) is 9.49. The van der Waals surface area contributed by atoms with Gasteiger partial charge in [-0.05, 0) is 149 Å². The van der Waals surface area contributed by atoms with E-state index >= 15 is 0 Å². The van der Waals surface area contributed by atoms with Crippen LogP contribution < -0.4 is 0 Å². The smallest absolute Gasteiger partial charge is 0.331 e. The zero-order valence-electron chi connectivity index (χ0n) is 30.0. The summed E-state index contributed by atoms with van der Waals surface area (Å²) in [5, 5.41) is 24.0. The van der Waals surface area contributed by atoms with Crippen molar-refractivity contribution in [2.45, 2.75) is 143 Å². The molecule has 0 aliphatic heterocycles. The highest BCUT2D eigenvalue weighted by Gasteiger charge is 2.71. The van der Waals surface area contributed by atoms with Gasteiger partial charge in [-0.2, -0.15) is 0 Å². The molecule has 4 aliphatic carbocycles. The van der Waals surface area contributed by atoms with Gasteiger partial charge in [0.05, 0.1) is 17.3 Å². The molecular weight excluding hydrogens is 579 g/mol. The number of rotatable bonds is 9. The number of methoxy groups -OCH3 is 1. The van der Waals surface area contributed by atoms with Crippen molar-refractivity contribution in [1.29, 1.82) is 0 Å². The number of hydrogen-bond acceptors (Lipinski definition) is 5. The van der Waals surface area contributed by atoms with Crippen LogP contribution in [0, 0.1) is 51.1 Å². The molecule has 0 bridgehead atoms. The average Bonchev–Trinajstić information content (AvgIpc) is 3.36. The summed E-state index contributed by atoms with van der Waals surface area (Å²) >= 11 is 0. The van der Waals surface area contributed by atoms with Crippen molar-refractivity contribution in [3.63, 3.8) is 0 Å². The molecule has 46 heavy (non-hydrogen) atoms. The van der Waals surface area contributed by atoms with E-state index in [1.54, 1.807) is 25.3 Å². The zero-order chi connectivity index (χ0) is 33.9. The van der Waals surface area contributed by atoms with Gasteiger partial charge in [0.2, 0.25) is 0 Å². The molecule has 4 fully saturated rings. The number of fused-ring (bicyclic) bond motifs is 5. The highest BCUT2D eigenvalue weighted by Crippen LogP contribution is 2.76. The number of halogens is 1. The molecule has 5 rings (SSSR count). The fourth-order valence-electron chi connectivity index (χ4n) is 11.7. The molecule has 0 heterocycles. The van der Waals surface area contributed by atoms with Crippen LogP contribution in [0.25, 0.3) is 6.08 Å². The summed E-state index contributed by atoms with van der Waals surface area (Å²) in [6, 6.07) is 6.07. The van der Waals surface area contributed by atoms with Gasteiger partial charge in [-0.3, -0.25) is 0 Å². The zero-order valence-corrected chi connectivity index (χ0v) is 30.0. The second kappa shape index (κ2) is 12.3. The Bertz CT molecular complexity index is 1280. The van der Waals surface area contributed by atoms with Crippen LogP contribution in [0.15, 0.2) is 30.3 Å². The molecule has 4 saturated carbocycles. The molecule has 0 spiro atoms. The molecule has 0 amide bonds. The van der Waals surface area contributed by atoms with E-state index in [0.717, 1.165) is 69.8 Å². The lowest BCUT2D eigenvalue weighted by Crippen LogP contribution is -2.66. The van der Waals surface area contributed by atoms with Gasteiger partial charge >= 0.3 is 5.97 Å². The van der Waals surface area contributed by atoms with Crippen LogP contribution in [0.5, 0.6) is 0 Å². The van der Waals surface area contributed by atoms with Gasteiger partial charge in [0.15, 0.2) is 0 Å². The summed E-state index contributed by atoms with van der Waals surface area (Å²) < 4.78 is 25.1. The maximum Gasteiger partial charge on any atom is 0.331 e. The van der Waals surface area contributed by atoms with E-state index in [1.807, 2.05) is 6.92 Å². The van der Waals surface area contributed by atoms with Crippen LogP contribution in [0.3, 0.4) is 0 Å². The highest BCUT2D eigenvalue weighted by atomic mass is 19.1. The predicted molar refractivity (Wildman–Crippen MR) is 181 cm³/mol. The number of benzene rings is 1. The molecule has 10 atom stereocenters. The molecule has 0 saturated heterocycles. The Morgan fingerprint density at radius 2 is 1.61 bits per heavy atom. The molecule has 0 unspecified atom stereocenters. The van der Waals surface area contributed by atoms with Crippen LogP contribution in [0.1, 0.15) is 125 Å². The number of aliphatic hydroxyl groups is 2. The Hall–Kier alpha value is -1.76. The van der Waals surface area contributed by atoms with Crippen LogP contribution >= 0.6 is 0 Å². The molecule has 0 aromatic heterocycles. The molecule has 5 nitrogen and oxygen atoms in total. The molecular formula is C40H61FO5. The largest absolute Gasteiger partial charge is 0.459 e. The van der Waals surface area contributed by atoms with E-state index in [9.17, 15) is 19.4 Å². The molecule has 258 valence electrons. The van der Waals surface area contributed by atoms with Gasteiger partial charge in [-0.25, -0.2) is 9.18 Å². The van der Waals surface area contributed by atoms with Crippen molar-refractivity contribution >= 4 is 12.0 Å². The van der Waals surface area contributed by atoms with E-state index in [4.69, 9.17) is 9.47 Å². The molecule has 1 aromatic rings. The minimum atomic E-state index is -0.827. The lowest BCUT2D eigenvalue weighted by Gasteiger charge is -2.70. The van der Waals surface area contributed by atoms with Crippen LogP contribution in [0.4, 0.5) is 4.39 Å². The number of esters is 1.